The van der Waals surface area contributed by atoms with Crippen molar-refractivity contribution in [1.82, 2.24) is 15.2 Å². The van der Waals surface area contributed by atoms with Crippen molar-refractivity contribution in [2.45, 2.75) is 0 Å². The van der Waals surface area contributed by atoms with Crippen LogP contribution in [0.5, 0.6) is 0 Å². The van der Waals surface area contributed by atoms with Gasteiger partial charge in [-0.2, -0.15) is 0 Å². The van der Waals surface area contributed by atoms with Crippen molar-refractivity contribution in [3.05, 3.63) is 54.7 Å². The lowest BCUT2D eigenvalue weighted by Gasteiger charge is -2.13. The van der Waals surface area contributed by atoms with Crippen LogP contribution in [0, 0.1) is 0 Å². The number of amides is 2. The number of pyridine rings is 1. The van der Waals surface area contributed by atoms with E-state index in [-0.39, 0.29) is 0 Å². The Hall–Kier alpha value is -3.85. The van der Waals surface area contributed by atoms with Gasteiger partial charge in [-0.25, -0.2) is 9.78 Å². The second-order valence-electron chi connectivity index (χ2n) is 6.05. The van der Waals surface area contributed by atoms with Crippen LogP contribution in [0.1, 0.15) is 0 Å². The molecule has 5 rings (SSSR count). The van der Waals surface area contributed by atoms with Crippen LogP contribution in [0.15, 0.2) is 54.7 Å². The average molecular weight is 389 g/mol. The molecule has 0 bridgehead atoms. The van der Waals surface area contributed by atoms with Gasteiger partial charge in [0.2, 0.25) is 4.88 Å². The number of carboxylic acid groups (broad SMARTS) is 1. The van der Waals surface area contributed by atoms with Crippen LogP contribution in [0.3, 0.4) is 0 Å². The molecule has 0 saturated carbocycles. The van der Waals surface area contributed by atoms with Crippen molar-refractivity contribution in [1.29, 1.82) is 0 Å². The highest BCUT2D eigenvalue weighted by Gasteiger charge is 2.37. The molecule has 136 valence electrons. The molecule has 28 heavy (non-hydrogen) atoms. The van der Waals surface area contributed by atoms with Gasteiger partial charge in [-0.05, 0) is 18.2 Å². The summed E-state index contributed by atoms with van der Waals surface area (Å²) < 4.78 is 0. The minimum absolute atomic E-state index is 0.337. The summed E-state index contributed by atoms with van der Waals surface area (Å²) in [5.41, 5.74) is 2.80. The zero-order chi connectivity index (χ0) is 19.3. The maximum atomic E-state index is 12.0. The van der Waals surface area contributed by atoms with Crippen LogP contribution in [0.25, 0.3) is 32.0 Å². The minimum Gasteiger partial charge on any atom is -0.500 e. The van der Waals surface area contributed by atoms with E-state index in [0.29, 0.717) is 37.9 Å². The third-order valence-corrected chi connectivity index (χ3v) is 6.26. The summed E-state index contributed by atoms with van der Waals surface area (Å²) >= 11 is 0. The van der Waals surface area contributed by atoms with Gasteiger partial charge in [-0.3, -0.25) is 0 Å². The Morgan fingerprint density at radius 1 is 0.964 bits per heavy atom. The van der Waals surface area contributed by atoms with Gasteiger partial charge in [0.25, 0.3) is 4.83 Å². The lowest BCUT2D eigenvalue weighted by atomic mass is 10.1. The average Bonchev–Trinajstić information content (AvgIpc) is 3.04. The summed E-state index contributed by atoms with van der Waals surface area (Å²) in [6.07, 6.45) is 1.47. The van der Waals surface area contributed by atoms with Gasteiger partial charge in [-0.1, -0.05) is 30.3 Å². The summed E-state index contributed by atoms with van der Waals surface area (Å²) in [7, 11) is -1.49. The van der Waals surface area contributed by atoms with Crippen molar-refractivity contribution in [3.8, 4) is 21.8 Å². The molecule has 0 radical (unpaired) electrons. The number of urea groups is 1. The van der Waals surface area contributed by atoms with E-state index in [0.717, 1.165) is 5.56 Å². The third-order valence-electron chi connectivity index (χ3n) is 4.41. The minimum atomic E-state index is -1.49. The lowest BCUT2D eigenvalue weighted by molar-refractivity contribution is -0.233. The topological polar surface area (TPSA) is 120 Å². The maximum absolute atomic E-state index is 12.0. The Morgan fingerprint density at radius 2 is 1.71 bits per heavy atom. The number of nitrogens with one attached hydrogen (secondary N) is 2. The standard InChI is InChI=1S/C19H11N5O3S/c25-18-21-12-8-9-20-17-14(12)15(22-18)16(28(17)19(26)27)13-7-6-11(23-24-13)10-4-2-1-3-5-10/h1-9H,(H2-,20,21,22,24,25,26,27). The number of benzene rings is 1. The van der Waals surface area contributed by atoms with Crippen molar-refractivity contribution in [2.24, 2.45) is 0 Å². The number of nitrogens with zero attached hydrogens (tertiary/aromatic N) is 3. The number of thiophene rings is 1. The summed E-state index contributed by atoms with van der Waals surface area (Å²) in [6, 6.07) is 14.2. The van der Waals surface area contributed by atoms with E-state index < -0.39 is 21.8 Å². The highest BCUT2D eigenvalue weighted by atomic mass is 32.2. The van der Waals surface area contributed by atoms with E-state index in [1.807, 2.05) is 30.3 Å². The van der Waals surface area contributed by atoms with Crippen LogP contribution in [0.4, 0.5) is 21.0 Å². The Balaban J connectivity index is 1.74. The molecule has 3 aromatic heterocycles. The first-order chi connectivity index (χ1) is 13.6. The van der Waals surface area contributed by atoms with E-state index in [1.54, 1.807) is 18.2 Å². The Kier molecular flexibility index (Phi) is 3.56. The molecular formula is C19H11N5O3S. The van der Waals surface area contributed by atoms with E-state index in [9.17, 15) is 14.7 Å². The monoisotopic (exact) mass is 389 g/mol. The summed E-state index contributed by atoms with van der Waals surface area (Å²) in [6.45, 7) is 0. The van der Waals surface area contributed by atoms with Gasteiger partial charge in [-0.15, -0.1) is 10.2 Å². The largest absolute Gasteiger partial charge is 0.500 e. The Morgan fingerprint density at radius 3 is 2.43 bits per heavy atom. The van der Waals surface area contributed by atoms with Gasteiger partial charge in [0.15, 0.2) is 0 Å². The Bertz CT molecular complexity index is 1250. The van der Waals surface area contributed by atoms with Crippen LogP contribution in [-0.2, 0) is 0 Å². The molecule has 8 nitrogen and oxygen atoms in total. The fourth-order valence-electron chi connectivity index (χ4n) is 3.25. The summed E-state index contributed by atoms with van der Waals surface area (Å²) in [4.78, 5) is 28.9. The predicted octanol–water partition coefficient (Wildman–Crippen LogP) is 3.26. The fourth-order valence-corrected chi connectivity index (χ4v) is 5.03. The molecule has 2 amide bonds. The summed E-state index contributed by atoms with van der Waals surface area (Å²) in [5, 5.41) is 25.1. The normalized spacial score (nSPS) is 13.1. The maximum Gasteiger partial charge on any atom is 0.323 e. The molecule has 4 heterocycles. The van der Waals surface area contributed by atoms with Crippen LogP contribution in [0.2, 0.25) is 0 Å². The molecule has 2 N–H and O–H groups in total. The smallest absolute Gasteiger partial charge is 0.323 e. The quantitative estimate of drug-likeness (QED) is 0.519. The van der Waals surface area contributed by atoms with Crippen molar-refractivity contribution in [3.63, 3.8) is 0 Å². The van der Waals surface area contributed by atoms with E-state index in [1.165, 1.54) is 6.20 Å². The van der Waals surface area contributed by atoms with Crippen LogP contribution in [-0.4, -0.2) is 26.5 Å². The van der Waals surface area contributed by atoms with Gasteiger partial charge >= 0.3 is 11.3 Å². The number of rotatable bonds is 3. The molecule has 0 fully saturated rings. The number of carbonyl (C=O) groups is 2. The molecule has 4 aromatic rings. The molecule has 9 heteroatoms. The fraction of sp³-hybridized carbons (Fsp3) is 0. The van der Waals surface area contributed by atoms with Gasteiger partial charge in [0.05, 0.1) is 21.9 Å². The summed E-state index contributed by atoms with van der Waals surface area (Å²) in [5.74, 6) is 0. The molecule has 0 saturated heterocycles. The predicted molar refractivity (Wildman–Crippen MR) is 104 cm³/mol. The molecular weight excluding hydrogens is 378 g/mol. The number of hydrogen-bond acceptors (Lipinski definition) is 6. The molecule has 0 aliphatic carbocycles. The van der Waals surface area contributed by atoms with Gasteiger partial charge in [0, 0.05) is 11.8 Å². The highest BCUT2D eigenvalue weighted by Crippen LogP contribution is 2.51. The number of anilines is 2. The molecule has 1 aliphatic heterocycles. The number of hydrogen-bond donors (Lipinski definition) is 2. The zero-order valence-electron chi connectivity index (χ0n) is 14.2. The van der Waals surface area contributed by atoms with E-state index in [2.05, 4.69) is 25.8 Å². The second-order valence-corrected chi connectivity index (χ2v) is 7.79. The number of aromatic nitrogens is 3. The lowest BCUT2D eigenvalue weighted by Crippen LogP contribution is -2.23. The molecule has 1 aliphatic rings. The molecule has 1 atom stereocenters. The second kappa shape index (κ2) is 6.10. The van der Waals surface area contributed by atoms with Crippen molar-refractivity contribution < 1.29 is 14.7 Å². The zero-order valence-corrected chi connectivity index (χ0v) is 15.0. The van der Waals surface area contributed by atoms with Crippen LogP contribution < -0.4 is 15.7 Å². The first-order valence-electron chi connectivity index (χ1n) is 8.30. The molecule has 0 spiro atoms. The third kappa shape index (κ3) is 2.41. The Labute approximate surface area is 160 Å². The first kappa shape index (κ1) is 16.3. The first-order valence-corrected chi connectivity index (χ1v) is 9.52. The SMILES string of the molecule is O=C1Nc2ccnc3c2c(c(-c2ccc(-c4ccccc4)nn2)[s+]3C(=O)[O-])N1. The number of carbonyl (C=O) groups excluding carboxylic acids is 2. The molecule has 1 unspecified atom stereocenters. The van der Waals surface area contributed by atoms with E-state index in [4.69, 9.17) is 0 Å². The molecule has 1 aromatic carbocycles. The van der Waals surface area contributed by atoms with Crippen molar-refractivity contribution >= 4 is 43.4 Å². The van der Waals surface area contributed by atoms with Gasteiger partial charge < -0.3 is 20.5 Å². The van der Waals surface area contributed by atoms with Crippen molar-refractivity contribution in [2.75, 3.05) is 10.6 Å². The highest BCUT2D eigenvalue weighted by molar-refractivity contribution is 7.57. The van der Waals surface area contributed by atoms with Gasteiger partial charge in [0.1, 0.15) is 16.8 Å². The van der Waals surface area contributed by atoms with Crippen LogP contribution >= 0.6 is 10.5 Å². The van der Waals surface area contributed by atoms with E-state index >= 15 is 0 Å².